The minimum Gasteiger partial charge on any atom is -0.296 e. The lowest BCUT2D eigenvalue weighted by Crippen LogP contribution is -2.46. The quantitative estimate of drug-likeness (QED) is 0.802. The van der Waals surface area contributed by atoms with Gasteiger partial charge in [-0.1, -0.05) is 36.4 Å². The molecule has 0 N–H and O–H groups in total. The van der Waals surface area contributed by atoms with Gasteiger partial charge in [0.25, 0.3) is 0 Å². The van der Waals surface area contributed by atoms with E-state index in [4.69, 9.17) is 0 Å². The molecule has 1 fully saturated rings. The van der Waals surface area contributed by atoms with Crippen molar-refractivity contribution >= 4 is 0 Å². The van der Waals surface area contributed by atoms with Gasteiger partial charge in [0, 0.05) is 19.1 Å². The Morgan fingerprint density at radius 3 is 2.59 bits per heavy atom. The molecule has 114 valence electrons. The van der Waals surface area contributed by atoms with Crippen LogP contribution in [0.2, 0.25) is 0 Å². The molecule has 2 aliphatic heterocycles. The SMILES string of the molecule is Fc1cccc(CN2C[C@H]3CC[C@@H]2Cc2ccccc2C3)c1. The van der Waals surface area contributed by atoms with Crippen LogP contribution >= 0.6 is 0 Å². The molecular weight excluding hydrogens is 273 g/mol. The molecule has 3 aliphatic rings. The Bertz CT molecular complexity index is 666. The van der Waals surface area contributed by atoms with Crippen molar-refractivity contribution in [3.05, 3.63) is 71.0 Å². The fraction of sp³-hybridized carbons (Fsp3) is 0.400. The van der Waals surface area contributed by atoms with Crippen LogP contribution in [0.5, 0.6) is 0 Å². The maximum atomic E-state index is 13.4. The Morgan fingerprint density at radius 1 is 0.955 bits per heavy atom. The first kappa shape index (κ1) is 14.0. The maximum absolute atomic E-state index is 13.4. The third-order valence-electron chi connectivity index (χ3n) is 5.27. The molecule has 2 atom stereocenters. The molecular formula is C20H22FN. The van der Waals surface area contributed by atoms with Crippen LogP contribution in [0.1, 0.15) is 29.5 Å². The minimum atomic E-state index is -0.125. The van der Waals surface area contributed by atoms with Gasteiger partial charge in [-0.3, -0.25) is 4.90 Å². The molecule has 1 saturated heterocycles. The summed E-state index contributed by atoms with van der Waals surface area (Å²) in [6.07, 6.45) is 4.94. The summed E-state index contributed by atoms with van der Waals surface area (Å²) in [5, 5.41) is 0. The van der Waals surface area contributed by atoms with Crippen LogP contribution in [-0.2, 0) is 19.4 Å². The molecule has 0 unspecified atom stereocenters. The highest BCUT2D eigenvalue weighted by atomic mass is 19.1. The lowest BCUT2D eigenvalue weighted by Gasteiger charge is -2.42. The molecule has 2 aromatic carbocycles. The van der Waals surface area contributed by atoms with Crippen LogP contribution in [0.4, 0.5) is 4.39 Å². The predicted octanol–water partition coefficient (Wildman–Crippen LogP) is 4.21. The van der Waals surface area contributed by atoms with E-state index in [1.807, 2.05) is 12.1 Å². The molecule has 0 radical (unpaired) electrons. The van der Waals surface area contributed by atoms with Gasteiger partial charge in [0.05, 0.1) is 0 Å². The molecule has 5 rings (SSSR count). The summed E-state index contributed by atoms with van der Waals surface area (Å²) in [5.74, 6) is 0.617. The van der Waals surface area contributed by atoms with Crippen LogP contribution in [0.25, 0.3) is 0 Å². The molecule has 2 bridgehead atoms. The van der Waals surface area contributed by atoms with Crippen LogP contribution in [0, 0.1) is 11.7 Å². The van der Waals surface area contributed by atoms with E-state index >= 15 is 0 Å². The normalized spacial score (nSPS) is 24.6. The third kappa shape index (κ3) is 2.80. The molecule has 0 saturated carbocycles. The van der Waals surface area contributed by atoms with E-state index in [2.05, 4.69) is 29.2 Å². The number of hydrogen-bond acceptors (Lipinski definition) is 1. The summed E-state index contributed by atoms with van der Waals surface area (Å²) in [4.78, 5) is 2.58. The van der Waals surface area contributed by atoms with Crippen molar-refractivity contribution in [2.45, 2.75) is 38.3 Å². The smallest absolute Gasteiger partial charge is 0.123 e. The van der Waals surface area contributed by atoms with Crippen molar-refractivity contribution in [3.8, 4) is 0 Å². The highest BCUT2D eigenvalue weighted by Gasteiger charge is 2.31. The van der Waals surface area contributed by atoms with Crippen LogP contribution < -0.4 is 0 Å². The van der Waals surface area contributed by atoms with E-state index in [1.54, 1.807) is 11.6 Å². The average molecular weight is 295 g/mol. The summed E-state index contributed by atoms with van der Waals surface area (Å²) >= 11 is 0. The summed E-state index contributed by atoms with van der Waals surface area (Å²) in [6.45, 7) is 2.02. The molecule has 22 heavy (non-hydrogen) atoms. The van der Waals surface area contributed by atoms with Crippen LogP contribution in [0.3, 0.4) is 0 Å². The monoisotopic (exact) mass is 295 g/mol. The van der Waals surface area contributed by atoms with Crippen molar-refractivity contribution < 1.29 is 4.39 Å². The molecule has 0 spiro atoms. The highest BCUT2D eigenvalue weighted by molar-refractivity contribution is 5.30. The van der Waals surface area contributed by atoms with E-state index in [-0.39, 0.29) is 5.82 Å². The van der Waals surface area contributed by atoms with Gasteiger partial charge >= 0.3 is 0 Å². The number of halogens is 1. The number of benzene rings is 2. The molecule has 2 heteroatoms. The second-order valence-electron chi connectivity index (χ2n) is 6.83. The first-order valence-corrected chi connectivity index (χ1v) is 8.33. The summed E-state index contributed by atoms with van der Waals surface area (Å²) in [6, 6.07) is 16.6. The summed E-state index contributed by atoms with van der Waals surface area (Å²) < 4.78 is 13.4. The zero-order valence-corrected chi connectivity index (χ0v) is 12.8. The van der Waals surface area contributed by atoms with Gasteiger partial charge < -0.3 is 0 Å². The second-order valence-corrected chi connectivity index (χ2v) is 6.83. The Kier molecular flexibility index (Phi) is 3.71. The topological polar surface area (TPSA) is 3.24 Å². The van der Waals surface area contributed by atoms with E-state index in [0.717, 1.165) is 31.0 Å². The zero-order valence-electron chi connectivity index (χ0n) is 12.8. The number of nitrogens with zero attached hydrogens (tertiary/aromatic N) is 1. The maximum Gasteiger partial charge on any atom is 0.123 e. The second kappa shape index (κ2) is 5.85. The summed E-state index contributed by atoms with van der Waals surface area (Å²) in [5.41, 5.74) is 4.16. The molecule has 0 aromatic heterocycles. The number of rotatable bonds is 2. The Morgan fingerprint density at radius 2 is 1.77 bits per heavy atom. The zero-order chi connectivity index (χ0) is 14.9. The van der Waals surface area contributed by atoms with Gasteiger partial charge in [0.2, 0.25) is 0 Å². The first-order valence-electron chi connectivity index (χ1n) is 8.33. The lowest BCUT2D eigenvalue weighted by molar-refractivity contribution is 0.0937. The van der Waals surface area contributed by atoms with Gasteiger partial charge in [-0.2, -0.15) is 0 Å². The summed E-state index contributed by atoms with van der Waals surface area (Å²) in [7, 11) is 0. The van der Waals surface area contributed by atoms with Crippen molar-refractivity contribution in [2.75, 3.05) is 6.54 Å². The highest BCUT2D eigenvalue weighted by Crippen LogP contribution is 2.33. The van der Waals surface area contributed by atoms with Crippen molar-refractivity contribution in [3.63, 3.8) is 0 Å². The van der Waals surface area contributed by atoms with Crippen molar-refractivity contribution in [2.24, 2.45) is 5.92 Å². The Hall–Kier alpha value is -1.67. The van der Waals surface area contributed by atoms with Crippen LogP contribution in [-0.4, -0.2) is 17.5 Å². The van der Waals surface area contributed by atoms with Crippen LogP contribution in [0.15, 0.2) is 48.5 Å². The standard InChI is InChI=1S/C20H22FN/c21-19-7-3-4-15(11-19)13-22-14-16-8-9-20(22)12-18-6-2-1-5-17(18)10-16/h1-7,11,16,20H,8-10,12-14H2/t16-,20+/m0/s1. The number of fused-ring (bicyclic) bond motifs is 2. The van der Waals surface area contributed by atoms with Gasteiger partial charge in [0.1, 0.15) is 5.82 Å². The van der Waals surface area contributed by atoms with E-state index in [1.165, 1.54) is 30.9 Å². The average Bonchev–Trinajstić information content (AvgIpc) is 2.48. The molecule has 0 amide bonds. The Balaban J connectivity index is 1.58. The number of hydrogen-bond donors (Lipinski definition) is 0. The fourth-order valence-corrected chi connectivity index (χ4v) is 4.16. The Labute approximate surface area is 131 Å². The van der Waals surface area contributed by atoms with Gasteiger partial charge in [-0.05, 0) is 60.4 Å². The largest absolute Gasteiger partial charge is 0.296 e. The predicted molar refractivity (Wildman–Crippen MR) is 87.2 cm³/mol. The van der Waals surface area contributed by atoms with Crippen molar-refractivity contribution in [1.29, 1.82) is 0 Å². The molecule has 2 heterocycles. The van der Waals surface area contributed by atoms with E-state index in [9.17, 15) is 4.39 Å². The van der Waals surface area contributed by atoms with E-state index in [0.29, 0.717) is 6.04 Å². The molecule has 2 aromatic rings. The van der Waals surface area contributed by atoms with Gasteiger partial charge in [0.15, 0.2) is 0 Å². The van der Waals surface area contributed by atoms with Crippen molar-refractivity contribution in [1.82, 2.24) is 4.90 Å². The van der Waals surface area contributed by atoms with E-state index < -0.39 is 0 Å². The molecule has 1 nitrogen and oxygen atoms in total. The first-order chi connectivity index (χ1) is 10.8. The fourth-order valence-electron chi connectivity index (χ4n) is 4.16. The number of piperidine rings is 1. The molecule has 1 aliphatic carbocycles. The lowest BCUT2D eigenvalue weighted by atomic mass is 9.80. The van der Waals surface area contributed by atoms with Gasteiger partial charge in [-0.25, -0.2) is 4.39 Å². The van der Waals surface area contributed by atoms with Gasteiger partial charge in [-0.15, -0.1) is 0 Å². The minimum absolute atomic E-state index is 0.125. The third-order valence-corrected chi connectivity index (χ3v) is 5.27.